The smallest absolute Gasteiger partial charge is 0.410 e. The molecule has 1 aromatic carbocycles. The number of amides is 1. The first kappa shape index (κ1) is 23.8. The molecular weight excluding hydrogens is 456 g/mol. The number of piperazine rings is 1. The van der Waals surface area contributed by atoms with Crippen LogP contribution in [0.15, 0.2) is 18.2 Å². The summed E-state index contributed by atoms with van der Waals surface area (Å²) < 4.78 is 5.55. The molecule has 6 nitrogen and oxygen atoms in total. The molecule has 1 saturated heterocycles. The maximum absolute atomic E-state index is 12.5. The Balaban J connectivity index is 1.72. The van der Waals surface area contributed by atoms with Crippen LogP contribution < -0.4 is 4.90 Å². The van der Waals surface area contributed by atoms with Crippen molar-refractivity contribution in [2.24, 2.45) is 0 Å². The van der Waals surface area contributed by atoms with Crippen molar-refractivity contribution in [1.82, 2.24) is 14.9 Å². The number of hydrogen-bond acceptors (Lipinski definition) is 6. The second-order valence-electron chi connectivity index (χ2n) is 9.50. The highest BCUT2D eigenvalue weighted by molar-refractivity contribution is 7.19. The zero-order valence-electron chi connectivity index (χ0n) is 20.2. The Morgan fingerprint density at radius 3 is 2.42 bits per heavy atom. The van der Waals surface area contributed by atoms with Crippen LogP contribution in [0.1, 0.15) is 43.7 Å². The Morgan fingerprint density at radius 2 is 1.82 bits per heavy atom. The van der Waals surface area contributed by atoms with E-state index in [2.05, 4.69) is 53.8 Å². The van der Waals surface area contributed by atoms with E-state index in [1.165, 1.54) is 27.1 Å². The number of carbonyl (C=O) groups is 1. The summed E-state index contributed by atoms with van der Waals surface area (Å²) >= 11 is 8.05. The van der Waals surface area contributed by atoms with E-state index in [-0.39, 0.29) is 11.4 Å². The SMILES string of the molecule is CCc1sc2nc(Cl)nc(N3CCN(C(=O)OC(C)(C)C)CC3)c2c1-c1ccc(C)c(C)c1. The van der Waals surface area contributed by atoms with Gasteiger partial charge in [-0.25, -0.2) is 9.78 Å². The lowest BCUT2D eigenvalue weighted by atomic mass is 9.98. The van der Waals surface area contributed by atoms with Crippen molar-refractivity contribution < 1.29 is 9.53 Å². The van der Waals surface area contributed by atoms with E-state index >= 15 is 0 Å². The van der Waals surface area contributed by atoms with E-state index in [0.29, 0.717) is 26.2 Å². The fourth-order valence-electron chi connectivity index (χ4n) is 4.11. The Morgan fingerprint density at radius 1 is 1.12 bits per heavy atom. The maximum Gasteiger partial charge on any atom is 0.410 e. The molecule has 0 bridgehead atoms. The van der Waals surface area contributed by atoms with Crippen molar-refractivity contribution in [2.45, 2.75) is 53.6 Å². The zero-order valence-corrected chi connectivity index (χ0v) is 21.7. The summed E-state index contributed by atoms with van der Waals surface area (Å²) in [4.78, 5) is 27.9. The average Bonchev–Trinajstić information content (AvgIpc) is 3.12. The van der Waals surface area contributed by atoms with Crippen LogP contribution in [-0.2, 0) is 11.2 Å². The van der Waals surface area contributed by atoms with Gasteiger partial charge in [0.2, 0.25) is 5.28 Å². The molecule has 0 atom stereocenters. The zero-order chi connectivity index (χ0) is 23.9. The maximum atomic E-state index is 12.5. The molecule has 176 valence electrons. The predicted octanol–water partition coefficient (Wildman–Crippen LogP) is 6.25. The number of halogens is 1. The van der Waals surface area contributed by atoms with E-state index in [4.69, 9.17) is 16.3 Å². The van der Waals surface area contributed by atoms with Crippen LogP contribution in [0.5, 0.6) is 0 Å². The lowest BCUT2D eigenvalue weighted by Gasteiger charge is -2.36. The number of anilines is 1. The van der Waals surface area contributed by atoms with Crippen molar-refractivity contribution in [3.05, 3.63) is 39.5 Å². The Bertz CT molecular complexity index is 1190. The molecule has 0 radical (unpaired) electrons. The summed E-state index contributed by atoms with van der Waals surface area (Å²) in [5, 5.41) is 1.30. The highest BCUT2D eigenvalue weighted by Gasteiger charge is 2.29. The second kappa shape index (κ2) is 9.11. The standard InChI is InChI=1S/C25H31ClN4O2S/c1-7-18-19(17-9-8-15(2)16(3)14-17)20-21(27-23(26)28-22(20)33-18)29-10-12-30(13-11-29)24(31)32-25(4,5)6/h8-9,14H,7,10-13H2,1-6H3. The number of nitrogens with zero attached hydrogens (tertiary/aromatic N) is 4. The lowest BCUT2D eigenvalue weighted by Crippen LogP contribution is -2.50. The summed E-state index contributed by atoms with van der Waals surface area (Å²) in [6, 6.07) is 6.60. The molecule has 0 aliphatic carbocycles. The summed E-state index contributed by atoms with van der Waals surface area (Å²) in [5.74, 6) is 0.845. The van der Waals surface area contributed by atoms with Crippen molar-refractivity contribution in [3.8, 4) is 11.1 Å². The van der Waals surface area contributed by atoms with E-state index in [0.717, 1.165) is 22.5 Å². The highest BCUT2D eigenvalue weighted by atomic mass is 35.5. The highest BCUT2D eigenvalue weighted by Crippen LogP contribution is 2.43. The fraction of sp³-hybridized carbons (Fsp3) is 0.480. The van der Waals surface area contributed by atoms with E-state index in [1.807, 2.05) is 20.8 Å². The van der Waals surface area contributed by atoms with Gasteiger partial charge < -0.3 is 14.5 Å². The Hall–Kier alpha value is -2.38. The van der Waals surface area contributed by atoms with Gasteiger partial charge >= 0.3 is 6.09 Å². The molecule has 8 heteroatoms. The number of thiophene rings is 1. The van der Waals surface area contributed by atoms with Crippen molar-refractivity contribution in [1.29, 1.82) is 0 Å². The van der Waals surface area contributed by atoms with Gasteiger partial charge in [-0.2, -0.15) is 4.98 Å². The number of carbonyl (C=O) groups excluding carboxylic acids is 1. The monoisotopic (exact) mass is 486 g/mol. The number of benzene rings is 1. The quantitative estimate of drug-likeness (QED) is 0.409. The third-order valence-corrected chi connectivity index (χ3v) is 7.32. The fourth-order valence-corrected chi connectivity index (χ4v) is 5.45. The van der Waals surface area contributed by atoms with Crippen LogP contribution in [0.3, 0.4) is 0 Å². The second-order valence-corrected chi connectivity index (χ2v) is 10.9. The third kappa shape index (κ3) is 4.94. The van der Waals surface area contributed by atoms with Crippen LogP contribution in [0.2, 0.25) is 5.28 Å². The molecular formula is C25H31ClN4O2S. The molecule has 0 saturated carbocycles. The van der Waals surface area contributed by atoms with Gasteiger partial charge in [0, 0.05) is 36.6 Å². The van der Waals surface area contributed by atoms with Gasteiger partial charge in [-0.1, -0.05) is 25.1 Å². The lowest BCUT2D eigenvalue weighted by molar-refractivity contribution is 0.0240. The summed E-state index contributed by atoms with van der Waals surface area (Å²) in [6.45, 7) is 14.6. The molecule has 3 heterocycles. The van der Waals surface area contributed by atoms with Crippen LogP contribution in [0.25, 0.3) is 21.3 Å². The molecule has 0 spiro atoms. The molecule has 0 N–H and O–H groups in total. The molecule has 2 aromatic heterocycles. The molecule has 1 fully saturated rings. The summed E-state index contributed by atoms with van der Waals surface area (Å²) in [5.41, 5.74) is 4.41. The predicted molar refractivity (Wildman–Crippen MR) is 137 cm³/mol. The van der Waals surface area contributed by atoms with E-state index in [9.17, 15) is 4.79 Å². The molecule has 1 aliphatic rings. The molecule has 33 heavy (non-hydrogen) atoms. The van der Waals surface area contributed by atoms with Crippen LogP contribution in [-0.4, -0.2) is 52.7 Å². The van der Waals surface area contributed by atoms with Crippen LogP contribution >= 0.6 is 22.9 Å². The van der Waals surface area contributed by atoms with Gasteiger partial charge in [0.1, 0.15) is 16.2 Å². The van der Waals surface area contributed by atoms with Gasteiger partial charge in [0.25, 0.3) is 0 Å². The van der Waals surface area contributed by atoms with Crippen molar-refractivity contribution >= 4 is 45.1 Å². The summed E-state index contributed by atoms with van der Waals surface area (Å²) in [6.07, 6.45) is 0.639. The van der Waals surface area contributed by atoms with Gasteiger partial charge in [-0.15, -0.1) is 11.3 Å². The van der Waals surface area contributed by atoms with Crippen molar-refractivity contribution in [2.75, 3.05) is 31.1 Å². The van der Waals surface area contributed by atoms with Crippen molar-refractivity contribution in [3.63, 3.8) is 0 Å². The number of rotatable bonds is 3. The molecule has 3 aromatic rings. The summed E-state index contributed by atoms with van der Waals surface area (Å²) in [7, 11) is 0. The van der Waals surface area contributed by atoms with Gasteiger partial charge in [0.15, 0.2) is 0 Å². The topological polar surface area (TPSA) is 58.6 Å². The number of aromatic nitrogens is 2. The first-order valence-corrected chi connectivity index (χ1v) is 12.6. The molecule has 1 amide bonds. The van der Waals surface area contributed by atoms with Crippen LogP contribution in [0, 0.1) is 13.8 Å². The number of ether oxygens (including phenoxy) is 1. The Kier molecular flexibility index (Phi) is 6.56. The van der Waals surface area contributed by atoms with Crippen LogP contribution in [0.4, 0.5) is 10.6 Å². The third-order valence-electron chi connectivity index (χ3n) is 5.93. The number of fused-ring (bicyclic) bond motifs is 1. The normalized spacial score (nSPS) is 14.8. The van der Waals surface area contributed by atoms with Gasteiger partial charge in [-0.3, -0.25) is 0 Å². The first-order valence-electron chi connectivity index (χ1n) is 11.4. The van der Waals surface area contributed by atoms with E-state index in [1.54, 1.807) is 16.2 Å². The molecule has 0 unspecified atom stereocenters. The number of hydrogen-bond donors (Lipinski definition) is 0. The first-order chi connectivity index (χ1) is 15.6. The minimum absolute atomic E-state index is 0.252. The average molecular weight is 487 g/mol. The molecule has 4 rings (SSSR count). The largest absolute Gasteiger partial charge is 0.444 e. The van der Waals surface area contributed by atoms with E-state index < -0.39 is 5.60 Å². The Labute approximate surface area is 204 Å². The van der Waals surface area contributed by atoms with Gasteiger partial charge in [-0.05, 0) is 69.3 Å². The number of aryl methyl sites for hydroxylation is 3. The van der Waals surface area contributed by atoms with Gasteiger partial charge in [0.05, 0.1) is 5.39 Å². The minimum Gasteiger partial charge on any atom is -0.444 e. The minimum atomic E-state index is -0.505. The molecule has 1 aliphatic heterocycles.